The first kappa shape index (κ1) is 45.5. The lowest BCUT2D eigenvalue weighted by Crippen LogP contribution is -2.67. The smallest absolute Gasteiger partial charge is 0.330 e. The van der Waals surface area contributed by atoms with Crippen LogP contribution in [0.2, 0.25) is 5.04 Å². The zero-order chi connectivity index (χ0) is 39.9. The van der Waals surface area contributed by atoms with Gasteiger partial charge in [-0.1, -0.05) is 127 Å². The van der Waals surface area contributed by atoms with E-state index in [1.165, 1.54) is 29.1 Å². The molecule has 1 heterocycles. The van der Waals surface area contributed by atoms with Gasteiger partial charge in [0.1, 0.15) is 0 Å². The van der Waals surface area contributed by atoms with E-state index in [0.717, 1.165) is 32.1 Å². The van der Waals surface area contributed by atoms with E-state index in [1.807, 2.05) is 40.2 Å². The summed E-state index contributed by atoms with van der Waals surface area (Å²) in [6.45, 7) is 20.5. The lowest BCUT2D eigenvalue weighted by atomic mass is 9.83. The van der Waals surface area contributed by atoms with Crippen molar-refractivity contribution in [1.82, 2.24) is 0 Å². The summed E-state index contributed by atoms with van der Waals surface area (Å²) >= 11 is 0. The molecule has 7 nitrogen and oxygen atoms in total. The number of hydrogen-bond donors (Lipinski definition) is 0. The van der Waals surface area contributed by atoms with Crippen LogP contribution in [0.15, 0.2) is 96.6 Å². The molecule has 0 aliphatic carbocycles. The third kappa shape index (κ3) is 12.9. The van der Waals surface area contributed by atoms with Gasteiger partial charge in [0.2, 0.25) is 0 Å². The second kappa shape index (κ2) is 21.4. The highest BCUT2D eigenvalue weighted by Crippen LogP contribution is 2.39. The van der Waals surface area contributed by atoms with E-state index in [1.54, 1.807) is 6.08 Å². The molecule has 0 aromatic heterocycles. The normalized spacial score (nSPS) is 21.9. The maximum Gasteiger partial charge on any atom is 0.330 e. The number of esters is 1. The molecular formula is C46H70O7Si. The highest BCUT2D eigenvalue weighted by molar-refractivity contribution is 6.99. The average molecular weight is 763 g/mol. The molecule has 54 heavy (non-hydrogen) atoms. The number of methoxy groups -OCH3 is 3. The molecule has 300 valence electrons. The van der Waals surface area contributed by atoms with Crippen LogP contribution in [0.4, 0.5) is 0 Å². The summed E-state index contributed by atoms with van der Waals surface area (Å²) in [6.07, 6.45) is 13.9. The third-order valence-corrected chi connectivity index (χ3v) is 16.0. The number of rotatable bonds is 20. The van der Waals surface area contributed by atoms with Crippen molar-refractivity contribution in [2.45, 2.75) is 130 Å². The minimum Gasteiger partial charge on any atom is -0.466 e. The molecule has 0 spiro atoms. The Kier molecular flexibility index (Phi) is 18.1. The number of allylic oxidation sites excluding steroid dienone is 3. The molecule has 1 fully saturated rings. The minimum absolute atomic E-state index is 0.00977. The fraction of sp³-hybridized carbons (Fsp3) is 0.587. The van der Waals surface area contributed by atoms with Crippen molar-refractivity contribution in [2.75, 3.05) is 27.9 Å². The molecule has 8 heteroatoms. The first-order valence-corrected chi connectivity index (χ1v) is 21.7. The van der Waals surface area contributed by atoms with E-state index in [0.29, 0.717) is 18.4 Å². The van der Waals surface area contributed by atoms with E-state index >= 15 is 0 Å². The Labute approximate surface area is 328 Å². The van der Waals surface area contributed by atoms with Crippen LogP contribution in [0.25, 0.3) is 0 Å². The van der Waals surface area contributed by atoms with Crippen LogP contribution in [0, 0.1) is 17.8 Å². The zero-order valence-corrected chi connectivity index (χ0v) is 36.3. The molecule has 0 N–H and O–H groups in total. The summed E-state index contributed by atoms with van der Waals surface area (Å²) in [7, 11) is 2.35. The number of carbonyl (C=O) groups excluding carboxylic acids is 1. The second-order valence-corrected chi connectivity index (χ2v) is 21.0. The molecule has 1 aliphatic rings. The van der Waals surface area contributed by atoms with Gasteiger partial charge in [0.15, 0.2) is 5.79 Å². The van der Waals surface area contributed by atoms with Gasteiger partial charge in [-0.15, -0.1) is 0 Å². The number of ether oxygens (including phenoxy) is 5. The van der Waals surface area contributed by atoms with E-state index in [2.05, 4.69) is 120 Å². The van der Waals surface area contributed by atoms with Crippen LogP contribution in [-0.4, -0.2) is 72.4 Å². The van der Waals surface area contributed by atoms with Gasteiger partial charge in [0.25, 0.3) is 8.32 Å². The van der Waals surface area contributed by atoms with E-state index in [4.69, 9.17) is 23.4 Å². The van der Waals surface area contributed by atoms with Gasteiger partial charge in [-0.2, -0.15) is 0 Å². The van der Waals surface area contributed by atoms with E-state index < -0.39 is 14.1 Å². The predicted octanol–water partition coefficient (Wildman–Crippen LogP) is 9.20. The van der Waals surface area contributed by atoms with Gasteiger partial charge in [-0.25, -0.2) is 4.79 Å². The number of carbonyl (C=O) groups is 1. The molecule has 0 radical (unpaired) electrons. The Balaban J connectivity index is 1.61. The first-order chi connectivity index (χ1) is 25.6. The molecule has 0 amide bonds. The van der Waals surface area contributed by atoms with E-state index in [-0.39, 0.29) is 41.3 Å². The van der Waals surface area contributed by atoms with Gasteiger partial charge < -0.3 is 28.1 Å². The number of hydrogen-bond acceptors (Lipinski definition) is 7. The quantitative estimate of drug-likeness (QED) is 0.0438. The third-order valence-electron chi connectivity index (χ3n) is 11.0. The molecule has 2 aromatic carbocycles. The van der Waals surface area contributed by atoms with Crippen molar-refractivity contribution in [3.63, 3.8) is 0 Å². The fourth-order valence-corrected chi connectivity index (χ4v) is 12.5. The van der Waals surface area contributed by atoms with Gasteiger partial charge >= 0.3 is 5.97 Å². The van der Waals surface area contributed by atoms with Crippen molar-refractivity contribution in [3.05, 3.63) is 96.6 Å². The predicted molar refractivity (Wildman–Crippen MR) is 224 cm³/mol. The highest BCUT2D eigenvalue weighted by atomic mass is 28.4. The van der Waals surface area contributed by atoms with Gasteiger partial charge in [-0.05, 0) is 85.7 Å². The van der Waals surface area contributed by atoms with Crippen LogP contribution in [0.5, 0.6) is 0 Å². The van der Waals surface area contributed by atoms with Crippen molar-refractivity contribution in [3.8, 4) is 0 Å². The van der Waals surface area contributed by atoms with Crippen LogP contribution >= 0.6 is 0 Å². The summed E-state index contributed by atoms with van der Waals surface area (Å²) in [5.41, 5.74) is 1.26. The average Bonchev–Trinajstić information content (AvgIpc) is 3.14. The Morgan fingerprint density at radius 1 is 0.907 bits per heavy atom. The number of benzene rings is 2. The van der Waals surface area contributed by atoms with Gasteiger partial charge in [0, 0.05) is 26.2 Å². The fourth-order valence-electron chi connectivity index (χ4n) is 7.92. The molecular weight excluding hydrogens is 693 g/mol. The molecule has 3 rings (SSSR count). The zero-order valence-electron chi connectivity index (χ0n) is 35.3. The summed E-state index contributed by atoms with van der Waals surface area (Å²) in [6, 6.07) is 21.6. The molecule has 0 bridgehead atoms. The highest BCUT2D eigenvalue weighted by Gasteiger charge is 2.50. The van der Waals surface area contributed by atoms with Crippen LogP contribution in [0.3, 0.4) is 0 Å². The van der Waals surface area contributed by atoms with Crippen molar-refractivity contribution >= 4 is 24.7 Å². The van der Waals surface area contributed by atoms with E-state index in [9.17, 15) is 4.79 Å². The molecule has 0 saturated carbocycles. The van der Waals surface area contributed by atoms with Crippen LogP contribution in [0.1, 0.15) is 94.4 Å². The lowest BCUT2D eigenvalue weighted by Gasteiger charge is -2.47. The Morgan fingerprint density at radius 3 is 2.06 bits per heavy atom. The summed E-state index contributed by atoms with van der Waals surface area (Å²) in [4.78, 5) is 11.4. The Hall–Kier alpha value is -2.85. The maximum atomic E-state index is 11.4. The van der Waals surface area contributed by atoms with Crippen molar-refractivity contribution in [1.29, 1.82) is 0 Å². The molecule has 1 saturated heterocycles. The van der Waals surface area contributed by atoms with Crippen molar-refractivity contribution < 1.29 is 32.9 Å². The molecule has 1 aliphatic heterocycles. The SMILES string of the molecule is COC(=O)/C=C/C=C/C[C@H]1OC(C)(C)O[C@H]([C@H](C)CC[C@H](OC)/C(C)=C/C[C@@H](C)C[C@H](CO[Si](c2ccccc2)(c2ccccc2)C(C)(C)C)OC)[C@@H]1C. The minimum atomic E-state index is -2.64. The van der Waals surface area contributed by atoms with Crippen LogP contribution in [-0.2, 0) is 32.9 Å². The monoisotopic (exact) mass is 762 g/mol. The summed E-state index contributed by atoms with van der Waals surface area (Å²) in [5, 5.41) is 2.48. The Bertz CT molecular complexity index is 1440. The van der Waals surface area contributed by atoms with Crippen molar-refractivity contribution in [2.24, 2.45) is 17.8 Å². The topological polar surface area (TPSA) is 72.5 Å². The first-order valence-electron chi connectivity index (χ1n) is 19.8. The van der Waals surface area contributed by atoms with Gasteiger partial charge in [-0.3, -0.25) is 0 Å². The van der Waals surface area contributed by atoms with Crippen LogP contribution < -0.4 is 10.4 Å². The summed E-state index contributed by atoms with van der Waals surface area (Å²) in [5.74, 6) is -0.119. The standard InChI is InChI=1S/C46H70O7Si/c1-34(32-38(48-10)33-51-54(45(5,6)7,39-22-16-13-17-23-39)40-24-18-14-19-25-40)28-29-35(2)41(49-11)31-30-36(3)44-37(4)42(52-46(8,9)53-44)26-20-15-21-27-43(47)50-12/h13-25,27,29,34,36-38,41-42,44H,26,28,30-33H2,1-12H3/b20-15+,27-21+,35-29+/t34-,36-,37-,38-,41+,42-,44-/m1/s1. The maximum absolute atomic E-state index is 11.4. The Morgan fingerprint density at radius 2 is 1.52 bits per heavy atom. The summed E-state index contributed by atoms with van der Waals surface area (Å²) < 4.78 is 36.9. The largest absolute Gasteiger partial charge is 0.466 e. The molecule has 2 aromatic rings. The molecule has 0 unspecified atom stereocenters. The second-order valence-electron chi connectivity index (χ2n) is 16.7. The lowest BCUT2D eigenvalue weighted by molar-refractivity contribution is -0.326. The molecule has 7 atom stereocenters. The van der Waals surface area contributed by atoms with Gasteiger partial charge in [0.05, 0.1) is 38.1 Å².